The molecule has 1 aliphatic rings. The summed E-state index contributed by atoms with van der Waals surface area (Å²) < 4.78 is 28.2. The van der Waals surface area contributed by atoms with E-state index in [-0.39, 0.29) is 25.5 Å². The maximum absolute atomic E-state index is 13.2. The van der Waals surface area contributed by atoms with E-state index in [2.05, 4.69) is 18.8 Å². The van der Waals surface area contributed by atoms with Crippen LogP contribution in [-0.2, 0) is 30.2 Å². The fourth-order valence-corrected chi connectivity index (χ4v) is 3.89. The molecule has 2 rings (SSSR count). The number of likely N-dealkylation sites (tertiary alicyclic amines) is 1. The molecule has 0 aliphatic carbocycles. The molecule has 0 aromatic carbocycles. The number of amides is 1. The molecule has 0 saturated carbocycles. The SMILES string of the molecule is CCCCCOC[C@@H]1N(COC)C(=O)[C@]1(Cc1cc(OCCCCC)ccn1)OCOC. The molecule has 0 unspecified atom stereocenters. The predicted octanol–water partition coefficient (Wildman–Crippen LogP) is 3.57. The second kappa shape index (κ2) is 14.4. The Labute approximate surface area is 192 Å². The third kappa shape index (κ3) is 7.13. The number of hydrogen-bond acceptors (Lipinski definition) is 7. The van der Waals surface area contributed by atoms with Crippen LogP contribution in [0, 0.1) is 0 Å². The zero-order valence-corrected chi connectivity index (χ0v) is 20.1. The van der Waals surface area contributed by atoms with Crippen molar-refractivity contribution in [2.24, 2.45) is 0 Å². The van der Waals surface area contributed by atoms with Gasteiger partial charge in [0.05, 0.1) is 19.3 Å². The molecule has 32 heavy (non-hydrogen) atoms. The van der Waals surface area contributed by atoms with Gasteiger partial charge in [-0.3, -0.25) is 9.78 Å². The second-order valence-corrected chi connectivity index (χ2v) is 8.15. The molecular weight excluding hydrogens is 412 g/mol. The van der Waals surface area contributed by atoms with Crippen LogP contribution in [0.4, 0.5) is 0 Å². The lowest BCUT2D eigenvalue weighted by molar-refractivity contribution is -0.239. The van der Waals surface area contributed by atoms with Crippen LogP contribution >= 0.6 is 0 Å². The monoisotopic (exact) mass is 452 g/mol. The van der Waals surface area contributed by atoms with Gasteiger partial charge < -0.3 is 28.6 Å². The highest BCUT2D eigenvalue weighted by molar-refractivity contribution is 5.93. The molecule has 1 amide bonds. The summed E-state index contributed by atoms with van der Waals surface area (Å²) in [4.78, 5) is 19.3. The van der Waals surface area contributed by atoms with E-state index in [1.54, 1.807) is 25.3 Å². The first kappa shape index (κ1) is 26.5. The molecule has 0 spiro atoms. The van der Waals surface area contributed by atoms with Crippen molar-refractivity contribution in [2.45, 2.75) is 70.4 Å². The number of β-lactam (4-membered cyclic amide) rings is 1. The minimum absolute atomic E-state index is 0.00606. The Balaban J connectivity index is 2.14. The maximum Gasteiger partial charge on any atom is 0.259 e. The van der Waals surface area contributed by atoms with E-state index in [0.717, 1.165) is 50.0 Å². The molecule has 0 N–H and O–H groups in total. The minimum Gasteiger partial charge on any atom is -0.493 e. The molecule has 2 atom stereocenters. The van der Waals surface area contributed by atoms with Gasteiger partial charge in [-0.2, -0.15) is 0 Å². The van der Waals surface area contributed by atoms with Crippen molar-refractivity contribution < 1.29 is 28.5 Å². The van der Waals surface area contributed by atoms with E-state index in [1.807, 2.05) is 12.1 Å². The Bertz CT molecular complexity index is 674. The smallest absolute Gasteiger partial charge is 0.259 e. The van der Waals surface area contributed by atoms with Gasteiger partial charge in [0.2, 0.25) is 0 Å². The topological polar surface area (TPSA) is 79.4 Å². The Morgan fingerprint density at radius 2 is 1.81 bits per heavy atom. The summed E-state index contributed by atoms with van der Waals surface area (Å²) in [6.45, 7) is 6.20. The van der Waals surface area contributed by atoms with Crippen LogP contribution in [0.5, 0.6) is 5.75 Å². The molecule has 1 aromatic heterocycles. The van der Waals surface area contributed by atoms with Crippen molar-refractivity contribution in [3.8, 4) is 5.75 Å². The van der Waals surface area contributed by atoms with Crippen LogP contribution in [0.1, 0.15) is 58.1 Å². The summed E-state index contributed by atoms with van der Waals surface area (Å²) in [6.07, 6.45) is 8.55. The van der Waals surface area contributed by atoms with Crippen LogP contribution in [0.3, 0.4) is 0 Å². The predicted molar refractivity (Wildman–Crippen MR) is 122 cm³/mol. The third-order valence-electron chi connectivity index (χ3n) is 5.66. The van der Waals surface area contributed by atoms with Crippen molar-refractivity contribution in [1.82, 2.24) is 9.88 Å². The van der Waals surface area contributed by atoms with E-state index >= 15 is 0 Å². The quantitative estimate of drug-likeness (QED) is 0.191. The van der Waals surface area contributed by atoms with Gasteiger partial charge in [-0.05, 0) is 18.9 Å². The summed E-state index contributed by atoms with van der Waals surface area (Å²) in [5, 5.41) is 0. The average molecular weight is 453 g/mol. The van der Waals surface area contributed by atoms with Crippen LogP contribution in [-0.4, -0.2) is 75.0 Å². The number of nitrogens with zero attached hydrogens (tertiary/aromatic N) is 2. The van der Waals surface area contributed by atoms with Gasteiger partial charge in [0.25, 0.3) is 5.91 Å². The second-order valence-electron chi connectivity index (χ2n) is 8.15. The van der Waals surface area contributed by atoms with Crippen molar-refractivity contribution in [3.05, 3.63) is 24.0 Å². The number of carbonyl (C=O) groups is 1. The number of carbonyl (C=O) groups excluding carboxylic acids is 1. The number of rotatable bonds is 18. The highest BCUT2D eigenvalue weighted by Crippen LogP contribution is 2.38. The summed E-state index contributed by atoms with van der Waals surface area (Å²) in [6, 6.07) is 3.43. The van der Waals surface area contributed by atoms with E-state index in [9.17, 15) is 4.79 Å². The fraction of sp³-hybridized carbons (Fsp3) is 0.750. The molecule has 1 fully saturated rings. The summed E-state index contributed by atoms with van der Waals surface area (Å²) in [5.74, 6) is 0.607. The van der Waals surface area contributed by atoms with Crippen LogP contribution in [0.2, 0.25) is 0 Å². The van der Waals surface area contributed by atoms with Crippen LogP contribution in [0.15, 0.2) is 18.3 Å². The number of hydrogen-bond donors (Lipinski definition) is 0. The number of aromatic nitrogens is 1. The Kier molecular flexibility index (Phi) is 11.9. The molecule has 8 heteroatoms. The lowest BCUT2D eigenvalue weighted by Crippen LogP contribution is -2.77. The standard InChI is InChI=1S/C24H40N2O6/c1-5-7-9-13-30-17-22-24(32-19-29-4,23(27)26(22)18-28-3)16-20-15-21(11-12-25-20)31-14-10-8-6-2/h11-12,15,22H,5-10,13-14,16-19H2,1-4H3/t22-,24+/m0/s1. The number of unbranched alkanes of at least 4 members (excludes halogenated alkanes) is 4. The zero-order valence-electron chi connectivity index (χ0n) is 20.1. The maximum atomic E-state index is 13.2. The number of pyridine rings is 1. The van der Waals surface area contributed by atoms with Gasteiger partial charge in [-0.1, -0.05) is 39.5 Å². The van der Waals surface area contributed by atoms with Crippen molar-refractivity contribution in [3.63, 3.8) is 0 Å². The molecule has 0 bridgehead atoms. The van der Waals surface area contributed by atoms with E-state index in [4.69, 9.17) is 23.7 Å². The van der Waals surface area contributed by atoms with Gasteiger partial charge in [-0.25, -0.2) is 0 Å². The lowest BCUT2D eigenvalue weighted by atomic mass is 9.78. The molecular formula is C24H40N2O6. The number of methoxy groups -OCH3 is 2. The van der Waals surface area contributed by atoms with Crippen molar-refractivity contribution in [1.29, 1.82) is 0 Å². The molecule has 182 valence electrons. The van der Waals surface area contributed by atoms with Gasteiger partial charge in [0, 0.05) is 45.2 Å². The fourth-order valence-electron chi connectivity index (χ4n) is 3.89. The first-order chi connectivity index (χ1) is 15.6. The van der Waals surface area contributed by atoms with Crippen molar-refractivity contribution >= 4 is 5.91 Å². The normalized spacial score (nSPS) is 20.4. The third-order valence-corrected chi connectivity index (χ3v) is 5.66. The first-order valence-electron chi connectivity index (χ1n) is 11.7. The summed E-state index contributed by atoms with van der Waals surface area (Å²) >= 11 is 0. The van der Waals surface area contributed by atoms with Gasteiger partial charge in [-0.15, -0.1) is 0 Å². The molecule has 2 heterocycles. The molecule has 1 saturated heterocycles. The van der Waals surface area contributed by atoms with E-state index < -0.39 is 5.60 Å². The van der Waals surface area contributed by atoms with E-state index in [0.29, 0.717) is 26.2 Å². The van der Waals surface area contributed by atoms with Gasteiger partial charge >= 0.3 is 0 Å². The molecule has 1 aliphatic heterocycles. The Hall–Kier alpha value is -1.74. The van der Waals surface area contributed by atoms with Gasteiger partial charge in [0.1, 0.15) is 19.3 Å². The summed E-state index contributed by atoms with van der Waals surface area (Å²) in [7, 11) is 3.12. The largest absolute Gasteiger partial charge is 0.493 e. The van der Waals surface area contributed by atoms with Crippen LogP contribution < -0.4 is 4.74 Å². The molecule has 0 radical (unpaired) electrons. The minimum atomic E-state index is -1.10. The molecule has 8 nitrogen and oxygen atoms in total. The summed E-state index contributed by atoms with van der Waals surface area (Å²) in [5.41, 5.74) is -0.372. The highest BCUT2D eigenvalue weighted by atomic mass is 16.7. The molecule has 1 aromatic rings. The zero-order chi connectivity index (χ0) is 23.2. The van der Waals surface area contributed by atoms with Gasteiger partial charge in [0.15, 0.2) is 5.60 Å². The average Bonchev–Trinajstić information content (AvgIpc) is 2.81. The first-order valence-corrected chi connectivity index (χ1v) is 11.7. The van der Waals surface area contributed by atoms with E-state index in [1.165, 1.54) is 0 Å². The highest BCUT2D eigenvalue weighted by Gasteiger charge is 2.62. The Morgan fingerprint density at radius 1 is 1.06 bits per heavy atom. The van der Waals surface area contributed by atoms with Crippen molar-refractivity contribution in [2.75, 3.05) is 47.6 Å². The Morgan fingerprint density at radius 3 is 2.50 bits per heavy atom. The lowest BCUT2D eigenvalue weighted by Gasteiger charge is -2.54. The number of ether oxygens (including phenoxy) is 5. The van der Waals surface area contributed by atoms with Crippen LogP contribution in [0.25, 0.3) is 0 Å².